The molecule has 0 saturated heterocycles. The first-order chi connectivity index (χ1) is 28.2. The van der Waals surface area contributed by atoms with Gasteiger partial charge in [-0.3, -0.25) is 0 Å². The lowest BCUT2D eigenvalue weighted by molar-refractivity contribution is 1.22. The maximum absolute atomic E-state index is 9.41. The summed E-state index contributed by atoms with van der Waals surface area (Å²) in [6.45, 7) is 0. The highest BCUT2D eigenvalue weighted by Gasteiger charge is 2.21. The number of fused-ring (bicyclic) bond motifs is 2. The average Bonchev–Trinajstić information content (AvgIpc) is 3.24. The zero-order chi connectivity index (χ0) is 41.5. The van der Waals surface area contributed by atoms with Crippen LogP contribution in [0.5, 0.6) is 0 Å². The minimum absolute atomic E-state index is 0.0381. The molecule has 0 unspecified atom stereocenters. The SMILES string of the molecule is [2H]c1c([2H])c([2H])c(Cc2c([2H])c([2H])c3c([2H])c([2H])c4c(-c5cccc(-c6ccc7c8c(cccc68)-c6ccccc6S7)c5)c([2H])c([2H])c5c([2H])c([2H])c2c3c54)c([2H])c1[2H]. The molecule has 0 atom stereocenters. The summed E-state index contributed by atoms with van der Waals surface area (Å²) in [4.78, 5) is 2.31. The lowest BCUT2D eigenvalue weighted by Crippen LogP contribution is -1.94. The first-order valence-electron chi connectivity index (χ1n) is 21.4. The van der Waals surface area contributed by atoms with Gasteiger partial charge in [0.1, 0.15) is 0 Å². The normalized spacial score (nSPS) is 16.3. The van der Waals surface area contributed by atoms with Crippen LogP contribution in [0, 0.1) is 0 Å². The van der Waals surface area contributed by atoms with Gasteiger partial charge in [0.2, 0.25) is 0 Å². The molecule has 9 aromatic rings. The fourth-order valence-electron chi connectivity index (χ4n) is 6.80. The zero-order valence-electron chi connectivity index (χ0n) is 37.1. The molecule has 46 heavy (non-hydrogen) atoms. The van der Waals surface area contributed by atoms with Gasteiger partial charge in [-0.1, -0.05) is 151 Å². The summed E-state index contributed by atoms with van der Waals surface area (Å²) >= 11 is 1.72. The molecule has 0 N–H and O–H groups in total. The number of hydrogen-bond acceptors (Lipinski definition) is 1. The van der Waals surface area contributed by atoms with Crippen LogP contribution in [0.2, 0.25) is 0 Å². The van der Waals surface area contributed by atoms with Crippen LogP contribution in [0.4, 0.5) is 0 Å². The first-order valence-corrected chi connectivity index (χ1v) is 15.7. The molecule has 0 aliphatic carbocycles. The molecule has 0 aromatic heterocycles. The highest BCUT2D eigenvalue weighted by Crippen LogP contribution is 2.50. The lowest BCUT2D eigenvalue weighted by atomic mass is 9.86. The monoisotopic (exact) mass is 613 g/mol. The van der Waals surface area contributed by atoms with Gasteiger partial charge in [0.15, 0.2) is 0 Å². The summed E-state index contributed by atoms with van der Waals surface area (Å²) in [6, 6.07) is 20.1. The molecular weight excluding hydrogens is 573 g/mol. The van der Waals surface area contributed by atoms with Crippen LogP contribution in [0.1, 0.15) is 28.9 Å². The molecule has 0 saturated carbocycles. The van der Waals surface area contributed by atoms with Crippen molar-refractivity contribution in [2.45, 2.75) is 16.2 Å². The fraction of sp³-hybridized carbons (Fsp3) is 0.0222. The van der Waals surface area contributed by atoms with Gasteiger partial charge >= 0.3 is 0 Å². The minimum atomic E-state index is -0.595. The molecular formula is C45H28S. The van der Waals surface area contributed by atoms with Crippen LogP contribution in [0.25, 0.3) is 76.5 Å². The Hall–Kier alpha value is -5.37. The van der Waals surface area contributed by atoms with Crippen LogP contribution in [0.15, 0.2) is 167 Å². The predicted octanol–water partition coefficient (Wildman–Crippen LogP) is 12.8. The van der Waals surface area contributed by atoms with Crippen molar-refractivity contribution in [1.29, 1.82) is 0 Å². The third-order valence-corrected chi connectivity index (χ3v) is 9.98. The van der Waals surface area contributed by atoms with Gasteiger partial charge in [0.25, 0.3) is 0 Å². The molecule has 0 nitrogen and oxygen atoms in total. The van der Waals surface area contributed by atoms with Gasteiger partial charge in [-0.15, -0.1) is 0 Å². The summed E-state index contributed by atoms with van der Waals surface area (Å²) < 4.78 is 116. The second kappa shape index (κ2) is 10.1. The van der Waals surface area contributed by atoms with E-state index in [2.05, 4.69) is 36.4 Å². The van der Waals surface area contributed by atoms with Crippen molar-refractivity contribution in [1.82, 2.24) is 0 Å². The third-order valence-electron chi connectivity index (χ3n) is 8.84. The van der Waals surface area contributed by atoms with Gasteiger partial charge in [-0.25, -0.2) is 0 Å². The topological polar surface area (TPSA) is 0 Å². The molecule has 0 spiro atoms. The second-order valence-electron chi connectivity index (χ2n) is 11.4. The molecule has 0 radical (unpaired) electrons. The van der Waals surface area contributed by atoms with Crippen molar-refractivity contribution in [2.75, 3.05) is 0 Å². The molecule has 1 heterocycles. The smallest absolute Gasteiger partial charge is 0.0630 e. The third kappa shape index (κ3) is 3.89. The van der Waals surface area contributed by atoms with Gasteiger partial charge < -0.3 is 0 Å². The van der Waals surface area contributed by atoms with Crippen molar-refractivity contribution in [3.63, 3.8) is 0 Å². The van der Waals surface area contributed by atoms with E-state index in [0.717, 1.165) is 37.9 Å². The first kappa shape index (κ1) is 16.3. The minimum Gasteiger partial charge on any atom is -0.0888 e. The van der Waals surface area contributed by atoms with E-state index in [-0.39, 0.29) is 67.1 Å². The number of rotatable bonds is 4. The van der Waals surface area contributed by atoms with Gasteiger partial charge in [0.05, 0.1) is 17.8 Å². The molecule has 1 aliphatic heterocycles. The quantitative estimate of drug-likeness (QED) is 0.178. The molecule has 214 valence electrons. The maximum Gasteiger partial charge on any atom is 0.0630 e. The summed E-state index contributed by atoms with van der Waals surface area (Å²) in [5.41, 5.74) is 4.47. The van der Waals surface area contributed by atoms with Crippen molar-refractivity contribution < 1.29 is 17.8 Å². The highest BCUT2D eigenvalue weighted by molar-refractivity contribution is 7.99. The van der Waals surface area contributed by atoms with E-state index in [9.17, 15) is 8.22 Å². The highest BCUT2D eigenvalue weighted by atomic mass is 32.2. The number of hydrogen-bond donors (Lipinski definition) is 0. The molecule has 0 amide bonds. The zero-order valence-corrected chi connectivity index (χ0v) is 24.9. The van der Waals surface area contributed by atoms with Crippen LogP contribution < -0.4 is 0 Å². The van der Waals surface area contributed by atoms with E-state index in [0.29, 0.717) is 5.56 Å². The molecule has 0 fully saturated rings. The van der Waals surface area contributed by atoms with E-state index < -0.39 is 66.8 Å². The van der Waals surface area contributed by atoms with Crippen LogP contribution >= 0.6 is 11.8 Å². The Morgan fingerprint density at radius 2 is 1.17 bits per heavy atom. The van der Waals surface area contributed by atoms with Crippen molar-refractivity contribution >= 4 is 54.9 Å². The molecule has 10 rings (SSSR count). The number of benzene rings is 9. The Bertz CT molecular complexity index is 3350. The van der Waals surface area contributed by atoms with E-state index >= 15 is 0 Å². The predicted molar refractivity (Wildman–Crippen MR) is 197 cm³/mol. The molecule has 1 heteroatoms. The average molecular weight is 614 g/mol. The van der Waals surface area contributed by atoms with E-state index in [4.69, 9.17) is 9.60 Å². The summed E-state index contributed by atoms with van der Waals surface area (Å²) in [5, 5.41) is 2.18. The van der Waals surface area contributed by atoms with Crippen LogP contribution in [0.3, 0.4) is 0 Å². The van der Waals surface area contributed by atoms with Gasteiger partial charge in [0, 0.05) is 15.2 Å². The summed E-state index contributed by atoms with van der Waals surface area (Å²) in [5.74, 6) is 0. The van der Waals surface area contributed by atoms with Crippen LogP contribution in [-0.4, -0.2) is 0 Å². The summed E-state index contributed by atoms with van der Waals surface area (Å²) in [6.07, 6.45) is -0.453. The van der Waals surface area contributed by atoms with Gasteiger partial charge in [-0.2, -0.15) is 0 Å². The second-order valence-corrected chi connectivity index (χ2v) is 12.5. The van der Waals surface area contributed by atoms with Crippen molar-refractivity contribution in [3.05, 3.63) is 169 Å². The Morgan fingerprint density at radius 3 is 2.07 bits per heavy atom. The fourth-order valence-corrected chi connectivity index (χ4v) is 7.93. The van der Waals surface area contributed by atoms with Crippen molar-refractivity contribution in [3.8, 4) is 33.4 Å². The van der Waals surface area contributed by atoms with E-state index in [1.807, 2.05) is 36.4 Å². The molecule has 1 aliphatic rings. The van der Waals surface area contributed by atoms with Crippen molar-refractivity contribution in [2.24, 2.45) is 0 Å². The molecule has 0 bridgehead atoms. The Kier molecular flexibility index (Phi) is 3.56. The van der Waals surface area contributed by atoms with E-state index in [1.165, 1.54) is 4.90 Å². The lowest BCUT2D eigenvalue weighted by Gasteiger charge is -2.22. The van der Waals surface area contributed by atoms with E-state index in [1.54, 1.807) is 17.8 Å². The Labute approximate surface area is 290 Å². The largest absolute Gasteiger partial charge is 0.0888 e. The summed E-state index contributed by atoms with van der Waals surface area (Å²) in [7, 11) is 0. The Balaban J connectivity index is 1.27. The maximum atomic E-state index is 9.41. The van der Waals surface area contributed by atoms with Gasteiger partial charge in [-0.05, 0) is 107 Å². The standard InChI is InChI=1S/C45H28S/c1-2-8-28(9-3-1)26-33-17-16-29-20-23-40-34(21-18-30-19-22-36(33)43(29)44(30)40)31-10-6-11-32(27-31)35-24-25-42-45-38(35)13-7-14-39(45)37-12-4-5-15-41(37)46-42/h1-25,27H,26H2/i1D,2D,3D,8D,9D,16D,17D,18D,19D,20D,21D,22D,23D. The van der Waals surface area contributed by atoms with Crippen LogP contribution in [-0.2, 0) is 6.42 Å². The molecule has 9 aromatic carbocycles. The Morgan fingerprint density at radius 1 is 0.457 bits per heavy atom.